The zero-order valence-electron chi connectivity index (χ0n) is 13.0. The first-order valence-corrected chi connectivity index (χ1v) is 8.31. The molecule has 0 spiro atoms. The molecule has 112 valence electrons. The van der Waals surface area contributed by atoms with E-state index in [-0.39, 0.29) is 0 Å². The predicted octanol–water partition coefficient (Wildman–Crippen LogP) is 4.76. The van der Waals surface area contributed by atoms with Gasteiger partial charge in [-0.2, -0.15) is 0 Å². The first-order valence-electron chi connectivity index (χ1n) is 7.51. The lowest BCUT2D eigenvalue weighted by Crippen LogP contribution is -2.38. The minimum atomic E-state index is -0.410. The summed E-state index contributed by atoms with van der Waals surface area (Å²) < 4.78 is 1.09. The summed E-state index contributed by atoms with van der Waals surface area (Å²) in [5.74, 6) is 0.814. The van der Waals surface area contributed by atoms with Crippen molar-refractivity contribution in [2.75, 3.05) is 18.0 Å². The molecule has 2 rings (SSSR count). The van der Waals surface area contributed by atoms with Gasteiger partial charge in [0.15, 0.2) is 0 Å². The zero-order valence-corrected chi connectivity index (χ0v) is 14.6. The third kappa shape index (κ3) is 3.56. The van der Waals surface area contributed by atoms with Crippen molar-refractivity contribution in [2.45, 2.75) is 46.6 Å². The summed E-state index contributed by atoms with van der Waals surface area (Å²) >= 11 is 3.65. The van der Waals surface area contributed by atoms with Gasteiger partial charge in [-0.05, 0) is 64.7 Å². The van der Waals surface area contributed by atoms with Crippen molar-refractivity contribution in [2.24, 2.45) is 11.3 Å². The van der Waals surface area contributed by atoms with Crippen LogP contribution in [-0.2, 0) is 0 Å². The molecule has 1 aliphatic rings. The molecule has 0 saturated carbocycles. The fourth-order valence-corrected chi connectivity index (χ4v) is 3.67. The molecule has 1 heterocycles. The Labute approximate surface area is 131 Å². The SMILES string of the molecule is C[C@@H](O)c1ccc(N2CCC(C(C)(C)C)CC2)c(Br)c1. The number of hydrogen-bond acceptors (Lipinski definition) is 2. The predicted molar refractivity (Wildman–Crippen MR) is 89.2 cm³/mol. The number of aliphatic hydroxyl groups is 1. The third-order valence-corrected chi connectivity index (χ3v) is 5.15. The van der Waals surface area contributed by atoms with Crippen LogP contribution < -0.4 is 4.90 Å². The Morgan fingerprint density at radius 2 is 1.85 bits per heavy atom. The molecule has 1 aliphatic heterocycles. The molecule has 0 radical (unpaired) electrons. The fraction of sp³-hybridized carbons (Fsp3) is 0.647. The lowest BCUT2D eigenvalue weighted by molar-refractivity contribution is 0.198. The summed E-state index contributed by atoms with van der Waals surface area (Å²) in [6.45, 7) is 11.1. The minimum absolute atomic E-state index is 0.410. The van der Waals surface area contributed by atoms with Crippen LogP contribution in [0.15, 0.2) is 22.7 Å². The molecular formula is C17H26BrNO. The fourth-order valence-electron chi connectivity index (χ4n) is 3.03. The lowest BCUT2D eigenvalue weighted by Gasteiger charge is -2.40. The maximum Gasteiger partial charge on any atom is 0.0762 e. The standard InChI is InChI=1S/C17H26BrNO/c1-12(20)13-5-6-16(15(18)11-13)19-9-7-14(8-10-19)17(2,3)4/h5-6,11-12,14,20H,7-10H2,1-4H3/t12-/m1/s1. The normalized spacial score (nSPS) is 19.2. The van der Waals surface area contributed by atoms with Crippen LogP contribution in [0.5, 0.6) is 0 Å². The number of rotatable bonds is 2. The first kappa shape index (κ1) is 15.8. The van der Waals surface area contributed by atoms with Crippen molar-refractivity contribution in [3.8, 4) is 0 Å². The van der Waals surface area contributed by atoms with Gasteiger partial charge in [0, 0.05) is 17.6 Å². The van der Waals surface area contributed by atoms with E-state index < -0.39 is 6.10 Å². The highest BCUT2D eigenvalue weighted by atomic mass is 79.9. The highest BCUT2D eigenvalue weighted by molar-refractivity contribution is 9.10. The van der Waals surface area contributed by atoms with Gasteiger partial charge in [-0.25, -0.2) is 0 Å². The summed E-state index contributed by atoms with van der Waals surface area (Å²) in [5.41, 5.74) is 2.63. The Morgan fingerprint density at radius 3 is 2.30 bits per heavy atom. The number of nitrogens with zero attached hydrogens (tertiary/aromatic N) is 1. The number of aliphatic hydroxyl groups excluding tert-OH is 1. The average Bonchev–Trinajstić information content (AvgIpc) is 2.37. The molecule has 20 heavy (non-hydrogen) atoms. The molecule has 1 atom stereocenters. The van der Waals surface area contributed by atoms with Crippen molar-refractivity contribution in [1.82, 2.24) is 0 Å². The Balaban J connectivity index is 2.07. The molecule has 0 unspecified atom stereocenters. The molecule has 1 aromatic rings. The average molecular weight is 340 g/mol. The van der Waals surface area contributed by atoms with Crippen LogP contribution in [0.25, 0.3) is 0 Å². The zero-order chi connectivity index (χ0) is 14.9. The Hall–Kier alpha value is -0.540. The quantitative estimate of drug-likeness (QED) is 0.839. The second-order valence-electron chi connectivity index (χ2n) is 7.01. The van der Waals surface area contributed by atoms with Gasteiger partial charge >= 0.3 is 0 Å². The van der Waals surface area contributed by atoms with E-state index in [0.717, 1.165) is 29.0 Å². The molecule has 0 amide bonds. The van der Waals surface area contributed by atoms with E-state index in [1.54, 1.807) is 6.92 Å². The van der Waals surface area contributed by atoms with Crippen molar-refractivity contribution in [3.05, 3.63) is 28.2 Å². The van der Waals surface area contributed by atoms with Crippen molar-refractivity contribution in [3.63, 3.8) is 0 Å². The number of benzene rings is 1. The van der Waals surface area contributed by atoms with Gasteiger partial charge < -0.3 is 10.0 Å². The molecule has 1 saturated heterocycles. The van der Waals surface area contributed by atoms with Crippen LogP contribution in [0.2, 0.25) is 0 Å². The maximum atomic E-state index is 9.64. The number of anilines is 1. The molecule has 1 aromatic carbocycles. The van der Waals surface area contributed by atoms with E-state index >= 15 is 0 Å². The van der Waals surface area contributed by atoms with E-state index in [0.29, 0.717) is 5.41 Å². The van der Waals surface area contributed by atoms with Crippen LogP contribution in [-0.4, -0.2) is 18.2 Å². The largest absolute Gasteiger partial charge is 0.389 e. The van der Waals surface area contributed by atoms with Gasteiger partial charge in [-0.3, -0.25) is 0 Å². The Morgan fingerprint density at radius 1 is 1.25 bits per heavy atom. The van der Waals surface area contributed by atoms with Crippen molar-refractivity contribution >= 4 is 21.6 Å². The van der Waals surface area contributed by atoms with E-state index in [2.05, 4.69) is 47.7 Å². The smallest absolute Gasteiger partial charge is 0.0762 e. The first-order chi connectivity index (χ1) is 9.29. The minimum Gasteiger partial charge on any atom is -0.389 e. The Kier molecular flexibility index (Phi) is 4.80. The molecule has 0 aromatic heterocycles. The third-order valence-electron chi connectivity index (χ3n) is 4.51. The number of hydrogen-bond donors (Lipinski definition) is 1. The summed E-state index contributed by atoms with van der Waals surface area (Å²) in [6, 6.07) is 6.19. The van der Waals surface area contributed by atoms with E-state index in [4.69, 9.17) is 0 Å². The van der Waals surface area contributed by atoms with Crippen molar-refractivity contribution < 1.29 is 5.11 Å². The van der Waals surface area contributed by atoms with Crippen LogP contribution in [0.4, 0.5) is 5.69 Å². The van der Waals surface area contributed by atoms with Crippen LogP contribution in [0.3, 0.4) is 0 Å². The van der Waals surface area contributed by atoms with Crippen LogP contribution in [0.1, 0.15) is 52.2 Å². The van der Waals surface area contributed by atoms with Crippen molar-refractivity contribution in [1.29, 1.82) is 0 Å². The second-order valence-corrected chi connectivity index (χ2v) is 7.87. The van der Waals surface area contributed by atoms with E-state index in [1.807, 2.05) is 12.1 Å². The van der Waals surface area contributed by atoms with Gasteiger partial charge in [0.05, 0.1) is 11.8 Å². The van der Waals surface area contributed by atoms with E-state index in [9.17, 15) is 5.11 Å². The van der Waals surface area contributed by atoms with Crippen LogP contribution >= 0.6 is 15.9 Å². The van der Waals surface area contributed by atoms with Gasteiger partial charge in [-0.15, -0.1) is 0 Å². The summed E-state index contributed by atoms with van der Waals surface area (Å²) in [7, 11) is 0. The summed E-state index contributed by atoms with van der Waals surface area (Å²) in [5, 5.41) is 9.64. The van der Waals surface area contributed by atoms with Gasteiger partial charge in [0.2, 0.25) is 0 Å². The summed E-state index contributed by atoms with van der Waals surface area (Å²) in [6.07, 6.45) is 2.11. The molecule has 1 N–H and O–H groups in total. The molecule has 0 aliphatic carbocycles. The second kappa shape index (κ2) is 6.07. The summed E-state index contributed by atoms with van der Waals surface area (Å²) in [4.78, 5) is 2.46. The maximum absolute atomic E-state index is 9.64. The van der Waals surface area contributed by atoms with Gasteiger partial charge in [0.25, 0.3) is 0 Å². The molecule has 0 bridgehead atoms. The van der Waals surface area contributed by atoms with Gasteiger partial charge in [-0.1, -0.05) is 26.8 Å². The molecule has 1 fully saturated rings. The Bertz CT molecular complexity index is 457. The number of piperidine rings is 1. The lowest BCUT2D eigenvalue weighted by atomic mass is 9.75. The monoisotopic (exact) mass is 339 g/mol. The van der Waals surface area contributed by atoms with Gasteiger partial charge in [0.1, 0.15) is 0 Å². The highest BCUT2D eigenvalue weighted by Gasteiger charge is 2.29. The molecule has 3 heteroatoms. The highest BCUT2D eigenvalue weighted by Crippen LogP contribution is 2.37. The molecular weight excluding hydrogens is 314 g/mol. The number of halogens is 1. The van der Waals surface area contributed by atoms with E-state index in [1.165, 1.54) is 18.5 Å². The van der Waals surface area contributed by atoms with Crippen LogP contribution in [0, 0.1) is 11.3 Å². The topological polar surface area (TPSA) is 23.5 Å². The molecule has 2 nitrogen and oxygen atoms in total.